The number of hydrogen-bond donors (Lipinski definition) is 0. The number of aromatic nitrogens is 4. The Labute approximate surface area is 101 Å². The summed E-state index contributed by atoms with van der Waals surface area (Å²) in [4.78, 5) is 8.13. The molecule has 0 saturated carbocycles. The minimum absolute atomic E-state index is 0.275. The van der Waals surface area contributed by atoms with Crippen LogP contribution in [0.25, 0.3) is 11.0 Å². The van der Waals surface area contributed by atoms with Gasteiger partial charge in [0, 0.05) is 6.04 Å². The van der Waals surface area contributed by atoms with Crippen molar-refractivity contribution in [2.24, 2.45) is 0 Å². The summed E-state index contributed by atoms with van der Waals surface area (Å²) in [7, 11) is 0. The Morgan fingerprint density at radius 3 is 2.44 bits per heavy atom. The first-order chi connectivity index (χ1) is 7.61. The van der Waals surface area contributed by atoms with Crippen molar-refractivity contribution in [1.29, 1.82) is 0 Å². The summed E-state index contributed by atoms with van der Waals surface area (Å²) in [5.41, 5.74) is 1.68. The molecule has 0 amide bonds. The van der Waals surface area contributed by atoms with Crippen molar-refractivity contribution in [3.63, 3.8) is 0 Å². The van der Waals surface area contributed by atoms with Gasteiger partial charge in [0.1, 0.15) is 11.5 Å². The fourth-order valence-electron chi connectivity index (χ4n) is 1.46. The lowest BCUT2D eigenvalue weighted by Gasteiger charge is -2.05. The van der Waals surface area contributed by atoms with Crippen LogP contribution in [0.4, 0.5) is 0 Å². The zero-order valence-corrected chi connectivity index (χ0v) is 11.1. The zero-order valence-electron chi connectivity index (χ0n) is 10.3. The lowest BCUT2D eigenvalue weighted by molar-refractivity contribution is 0.542. The van der Waals surface area contributed by atoms with Crippen LogP contribution < -0.4 is 0 Å². The Bertz CT molecular complexity index is 476. The van der Waals surface area contributed by atoms with E-state index in [-0.39, 0.29) is 6.04 Å². The molecule has 0 bridgehead atoms. The molecule has 0 aromatic carbocycles. The van der Waals surface area contributed by atoms with Gasteiger partial charge in [0.15, 0.2) is 5.65 Å². The molecule has 0 aliphatic heterocycles. The standard InChI is InChI=1S/C9H11ClN4.C2H6/c1-5(2)14-9-7(6(3)13-14)8(10)11-4-12-9;1-2/h4-5H,1-3H3;1-2H3. The highest BCUT2D eigenvalue weighted by molar-refractivity contribution is 6.34. The summed E-state index contributed by atoms with van der Waals surface area (Å²) in [6.45, 7) is 10.0. The van der Waals surface area contributed by atoms with Crippen molar-refractivity contribution in [2.75, 3.05) is 0 Å². The maximum Gasteiger partial charge on any atom is 0.163 e. The largest absolute Gasteiger partial charge is 0.244 e. The quantitative estimate of drug-likeness (QED) is 0.718. The van der Waals surface area contributed by atoms with Crippen molar-refractivity contribution in [1.82, 2.24) is 19.7 Å². The molecule has 0 spiro atoms. The zero-order chi connectivity index (χ0) is 12.3. The van der Waals surface area contributed by atoms with Gasteiger partial charge in [-0.25, -0.2) is 14.6 Å². The second-order valence-corrected chi connectivity index (χ2v) is 3.84. The summed E-state index contributed by atoms with van der Waals surface area (Å²) in [5.74, 6) is 0. The van der Waals surface area contributed by atoms with Crippen LogP contribution in [0.1, 0.15) is 39.4 Å². The van der Waals surface area contributed by atoms with Gasteiger partial charge < -0.3 is 0 Å². The van der Waals surface area contributed by atoms with Crippen LogP contribution >= 0.6 is 11.6 Å². The van der Waals surface area contributed by atoms with Crippen LogP contribution in [0.5, 0.6) is 0 Å². The second kappa shape index (κ2) is 5.25. The van der Waals surface area contributed by atoms with Crippen molar-refractivity contribution in [2.45, 2.75) is 40.7 Å². The average molecular weight is 241 g/mol. The van der Waals surface area contributed by atoms with Gasteiger partial charge in [0.05, 0.1) is 11.1 Å². The molecule has 0 saturated heterocycles. The Balaban J connectivity index is 0.000000606. The fraction of sp³-hybridized carbons (Fsp3) is 0.545. The summed E-state index contributed by atoms with van der Waals surface area (Å²) in [6.07, 6.45) is 1.46. The summed E-state index contributed by atoms with van der Waals surface area (Å²) in [6, 6.07) is 0.275. The van der Waals surface area contributed by atoms with Crippen LogP contribution in [0, 0.1) is 6.92 Å². The van der Waals surface area contributed by atoms with Gasteiger partial charge in [0.25, 0.3) is 0 Å². The van der Waals surface area contributed by atoms with Crippen LogP contribution in [0.3, 0.4) is 0 Å². The van der Waals surface area contributed by atoms with Gasteiger partial charge in [-0.1, -0.05) is 25.4 Å². The van der Waals surface area contributed by atoms with Gasteiger partial charge in [0.2, 0.25) is 0 Å². The molecule has 0 fully saturated rings. The van der Waals surface area contributed by atoms with E-state index < -0.39 is 0 Å². The van der Waals surface area contributed by atoms with Gasteiger partial charge in [-0.05, 0) is 20.8 Å². The van der Waals surface area contributed by atoms with Crippen LogP contribution in [-0.4, -0.2) is 19.7 Å². The van der Waals surface area contributed by atoms with Gasteiger partial charge in [-0.15, -0.1) is 0 Å². The Kier molecular flexibility index (Phi) is 4.24. The molecule has 0 N–H and O–H groups in total. The lowest BCUT2D eigenvalue weighted by Crippen LogP contribution is -2.03. The van der Waals surface area contributed by atoms with Gasteiger partial charge in [-0.2, -0.15) is 5.10 Å². The number of fused-ring (bicyclic) bond motifs is 1. The summed E-state index contributed by atoms with van der Waals surface area (Å²) >= 11 is 5.98. The molecular weight excluding hydrogens is 224 g/mol. The van der Waals surface area contributed by atoms with E-state index in [0.29, 0.717) is 5.15 Å². The molecule has 2 aromatic heterocycles. The number of nitrogens with zero attached hydrogens (tertiary/aromatic N) is 4. The number of hydrogen-bond acceptors (Lipinski definition) is 3. The van der Waals surface area contributed by atoms with Crippen molar-refractivity contribution in [3.8, 4) is 0 Å². The van der Waals surface area contributed by atoms with E-state index in [2.05, 4.69) is 28.9 Å². The van der Waals surface area contributed by atoms with E-state index in [0.717, 1.165) is 16.7 Å². The highest BCUT2D eigenvalue weighted by Gasteiger charge is 2.13. The second-order valence-electron chi connectivity index (χ2n) is 3.49. The van der Waals surface area contributed by atoms with Gasteiger partial charge in [-0.3, -0.25) is 0 Å². The first-order valence-corrected chi connectivity index (χ1v) is 5.84. The summed E-state index contributed by atoms with van der Waals surface area (Å²) in [5, 5.41) is 5.70. The summed E-state index contributed by atoms with van der Waals surface area (Å²) < 4.78 is 1.86. The van der Waals surface area contributed by atoms with Crippen molar-refractivity contribution >= 4 is 22.6 Å². The SMILES string of the molecule is CC.Cc1nn(C(C)C)c2ncnc(Cl)c12. The molecule has 4 nitrogen and oxygen atoms in total. The smallest absolute Gasteiger partial charge is 0.163 e. The molecule has 0 atom stereocenters. The lowest BCUT2D eigenvalue weighted by atomic mass is 10.3. The first kappa shape index (κ1) is 12.9. The maximum atomic E-state index is 5.98. The molecule has 2 rings (SSSR count). The Morgan fingerprint density at radius 1 is 1.25 bits per heavy atom. The average Bonchev–Trinajstić information content (AvgIpc) is 2.61. The molecule has 2 aromatic rings. The maximum absolute atomic E-state index is 5.98. The molecule has 0 radical (unpaired) electrons. The third kappa shape index (κ3) is 2.16. The van der Waals surface area contributed by atoms with E-state index in [1.54, 1.807) is 0 Å². The molecule has 0 unspecified atom stereocenters. The van der Waals surface area contributed by atoms with Crippen molar-refractivity contribution < 1.29 is 0 Å². The molecule has 16 heavy (non-hydrogen) atoms. The molecule has 5 heteroatoms. The molecule has 2 heterocycles. The van der Waals surface area contributed by atoms with E-state index in [9.17, 15) is 0 Å². The van der Waals surface area contributed by atoms with Crippen molar-refractivity contribution in [3.05, 3.63) is 17.2 Å². The monoisotopic (exact) mass is 240 g/mol. The minimum atomic E-state index is 0.275. The Hall–Kier alpha value is -1.16. The van der Waals surface area contributed by atoms with E-state index >= 15 is 0 Å². The fourth-order valence-corrected chi connectivity index (χ4v) is 1.72. The predicted molar refractivity (Wildman–Crippen MR) is 66.8 cm³/mol. The number of halogens is 1. The molecule has 0 aliphatic carbocycles. The van der Waals surface area contributed by atoms with Crippen LogP contribution in [0.2, 0.25) is 5.15 Å². The molecular formula is C11H17ClN4. The van der Waals surface area contributed by atoms with Crippen LogP contribution in [0.15, 0.2) is 6.33 Å². The molecule has 88 valence electrons. The number of rotatable bonds is 1. The first-order valence-electron chi connectivity index (χ1n) is 5.46. The van der Waals surface area contributed by atoms with Crippen LogP contribution in [-0.2, 0) is 0 Å². The topological polar surface area (TPSA) is 43.6 Å². The van der Waals surface area contributed by atoms with Gasteiger partial charge >= 0.3 is 0 Å². The Morgan fingerprint density at radius 2 is 1.88 bits per heavy atom. The normalized spacial score (nSPS) is 10.4. The third-order valence-corrected chi connectivity index (χ3v) is 2.39. The van der Waals surface area contributed by atoms with E-state index in [4.69, 9.17) is 11.6 Å². The third-order valence-electron chi connectivity index (χ3n) is 2.11. The van der Waals surface area contributed by atoms with E-state index in [1.807, 2.05) is 25.5 Å². The highest BCUT2D eigenvalue weighted by Crippen LogP contribution is 2.24. The minimum Gasteiger partial charge on any atom is -0.244 e. The van der Waals surface area contributed by atoms with E-state index in [1.165, 1.54) is 6.33 Å². The predicted octanol–water partition coefficient (Wildman–Crippen LogP) is 3.40. The number of aryl methyl sites for hydroxylation is 1. The highest BCUT2D eigenvalue weighted by atomic mass is 35.5. The molecule has 0 aliphatic rings.